The highest BCUT2D eigenvalue weighted by molar-refractivity contribution is 9.10. The van der Waals surface area contributed by atoms with Crippen LogP contribution >= 0.6 is 15.9 Å². The van der Waals surface area contributed by atoms with Gasteiger partial charge in [0.25, 0.3) is 0 Å². The van der Waals surface area contributed by atoms with Crippen LogP contribution in [-0.2, 0) is 11.3 Å². The molecule has 0 fully saturated rings. The average molecular weight is 316 g/mol. The summed E-state index contributed by atoms with van der Waals surface area (Å²) in [6, 6.07) is 6.03. The summed E-state index contributed by atoms with van der Waals surface area (Å²) < 4.78 is 11.9. The minimum Gasteiger partial charge on any atom is -0.496 e. The van der Waals surface area contributed by atoms with Crippen molar-refractivity contribution >= 4 is 15.9 Å². The van der Waals surface area contributed by atoms with E-state index in [1.807, 2.05) is 12.1 Å². The highest BCUT2D eigenvalue weighted by Crippen LogP contribution is 2.22. The molecule has 0 amide bonds. The molecule has 0 spiro atoms. The third-order valence-electron chi connectivity index (χ3n) is 2.62. The molecule has 102 valence electrons. The van der Waals surface area contributed by atoms with E-state index in [2.05, 4.69) is 34.2 Å². The number of unbranched alkanes of at least 4 members (excludes halogenated alkanes) is 1. The fraction of sp³-hybridized carbons (Fsp3) is 0.571. The predicted octanol–water partition coefficient (Wildman–Crippen LogP) is 3.36. The van der Waals surface area contributed by atoms with Gasteiger partial charge in [-0.05, 0) is 24.6 Å². The predicted molar refractivity (Wildman–Crippen MR) is 78.1 cm³/mol. The quantitative estimate of drug-likeness (QED) is 0.709. The third-order valence-corrected chi connectivity index (χ3v) is 3.12. The van der Waals surface area contributed by atoms with Crippen molar-refractivity contribution in [2.45, 2.75) is 26.3 Å². The summed E-state index contributed by atoms with van der Waals surface area (Å²) in [7, 11) is 1.70. The van der Waals surface area contributed by atoms with Crippen molar-refractivity contribution < 1.29 is 9.47 Å². The van der Waals surface area contributed by atoms with Crippen LogP contribution in [-0.4, -0.2) is 26.9 Å². The summed E-state index contributed by atoms with van der Waals surface area (Å²) in [5, 5.41) is 3.35. The zero-order valence-corrected chi connectivity index (χ0v) is 12.8. The third kappa shape index (κ3) is 5.85. The summed E-state index contributed by atoms with van der Waals surface area (Å²) in [6.07, 6.45) is 2.32. The SMILES string of the molecule is CCCCOCCNCc1cc(Br)ccc1OC. The van der Waals surface area contributed by atoms with Crippen LogP contribution in [0.5, 0.6) is 5.75 Å². The Kier molecular flexibility index (Phi) is 8.05. The van der Waals surface area contributed by atoms with E-state index in [4.69, 9.17) is 9.47 Å². The van der Waals surface area contributed by atoms with Crippen LogP contribution in [0, 0.1) is 0 Å². The molecule has 1 aromatic carbocycles. The number of nitrogens with one attached hydrogen (secondary N) is 1. The molecule has 1 rings (SSSR count). The van der Waals surface area contributed by atoms with Crippen molar-refractivity contribution in [3.8, 4) is 5.75 Å². The monoisotopic (exact) mass is 315 g/mol. The summed E-state index contributed by atoms with van der Waals surface area (Å²) >= 11 is 3.47. The van der Waals surface area contributed by atoms with Gasteiger partial charge >= 0.3 is 0 Å². The molecule has 0 unspecified atom stereocenters. The van der Waals surface area contributed by atoms with Crippen molar-refractivity contribution in [1.82, 2.24) is 5.32 Å². The van der Waals surface area contributed by atoms with E-state index in [1.54, 1.807) is 7.11 Å². The minimum absolute atomic E-state index is 0.760. The molecule has 0 aliphatic carbocycles. The van der Waals surface area contributed by atoms with Gasteiger partial charge < -0.3 is 14.8 Å². The molecule has 0 aromatic heterocycles. The first-order chi connectivity index (χ1) is 8.77. The lowest BCUT2D eigenvalue weighted by Crippen LogP contribution is -2.19. The molecule has 0 aliphatic rings. The maximum atomic E-state index is 5.49. The van der Waals surface area contributed by atoms with Crippen LogP contribution in [0.4, 0.5) is 0 Å². The number of hydrogen-bond acceptors (Lipinski definition) is 3. The molecule has 3 nitrogen and oxygen atoms in total. The fourth-order valence-electron chi connectivity index (χ4n) is 1.60. The van der Waals surface area contributed by atoms with Crippen molar-refractivity contribution in [3.63, 3.8) is 0 Å². The van der Waals surface area contributed by atoms with Crippen molar-refractivity contribution in [1.29, 1.82) is 0 Å². The van der Waals surface area contributed by atoms with Crippen LogP contribution in [0.3, 0.4) is 0 Å². The van der Waals surface area contributed by atoms with Crippen molar-refractivity contribution in [2.75, 3.05) is 26.9 Å². The normalized spacial score (nSPS) is 10.6. The Hall–Kier alpha value is -0.580. The summed E-state index contributed by atoms with van der Waals surface area (Å²) in [5.41, 5.74) is 1.15. The molecule has 0 aliphatic heterocycles. The Morgan fingerprint density at radius 1 is 1.28 bits per heavy atom. The van der Waals surface area contributed by atoms with Crippen LogP contribution in [0.15, 0.2) is 22.7 Å². The minimum atomic E-state index is 0.760. The number of benzene rings is 1. The fourth-order valence-corrected chi connectivity index (χ4v) is 2.01. The van der Waals surface area contributed by atoms with Gasteiger partial charge in [0.2, 0.25) is 0 Å². The molecule has 0 saturated heterocycles. The van der Waals surface area contributed by atoms with Crippen LogP contribution in [0.2, 0.25) is 0 Å². The summed E-state index contributed by atoms with van der Waals surface area (Å²) in [5.74, 6) is 0.914. The highest BCUT2D eigenvalue weighted by atomic mass is 79.9. The van der Waals surface area contributed by atoms with Gasteiger partial charge in [0.15, 0.2) is 0 Å². The van der Waals surface area contributed by atoms with Gasteiger partial charge in [0.1, 0.15) is 5.75 Å². The van der Waals surface area contributed by atoms with Gasteiger partial charge in [-0.3, -0.25) is 0 Å². The van der Waals surface area contributed by atoms with Crippen LogP contribution in [0.25, 0.3) is 0 Å². The Bertz CT molecular complexity index is 345. The maximum Gasteiger partial charge on any atom is 0.123 e. The molecule has 1 aromatic rings. The van der Waals surface area contributed by atoms with Gasteiger partial charge in [0.05, 0.1) is 13.7 Å². The van der Waals surface area contributed by atoms with E-state index in [0.717, 1.165) is 48.5 Å². The smallest absolute Gasteiger partial charge is 0.123 e. The van der Waals surface area contributed by atoms with Crippen molar-refractivity contribution in [2.24, 2.45) is 0 Å². The molecule has 0 saturated carbocycles. The average Bonchev–Trinajstić information content (AvgIpc) is 2.38. The van der Waals surface area contributed by atoms with Gasteiger partial charge in [-0.1, -0.05) is 29.3 Å². The number of methoxy groups -OCH3 is 1. The lowest BCUT2D eigenvalue weighted by molar-refractivity contribution is 0.133. The topological polar surface area (TPSA) is 30.5 Å². The molecule has 0 bridgehead atoms. The van der Waals surface area contributed by atoms with Gasteiger partial charge in [-0.15, -0.1) is 0 Å². The number of halogens is 1. The number of rotatable bonds is 9. The Balaban J connectivity index is 2.24. The first-order valence-corrected chi connectivity index (χ1v) is 7.18. The second-order valence-electron chi connectivity index (χ2n) is 4.10. The number of hydrogen-bond donors (Lipinski definition) is 1. The second-order valence-corrected chi connectivity index (χ2v) is 5.01. The first kappa shape index (κ1) is 15.5. The Morgan fingerprint density at radius 2 is 2.11 bits per heavy atom. The zero-order chi connectivity index (χ0) is 13.2. The van der Waals surface area contributed by atoms with E-state index >= 15 is 0 Å². The van der Waals surface area contributed by atoms with Crippen molar-refractivity contribution in [3.05, 3.63) is 28.2 Å². The molecular formula is C14H22BrNO2. The Morgan fingerprint density at radius 3 is 2.83 bits per heavy atom. The molecule has 0 radical (unpaired) electrons. The van der Waals surface area contributed by atoms with Gasteiger partial charge in [0, 0.05) is 29.7 Å². The standard InChI is InChI=1S/C14H22BrNO2/c1-3-4-8-18-9-7-16-11-12-10-13(15)5-6-14(12)17-2/h5-6,10,16H,3-4,7-9,11H2,1-2H3. The Labute approximate surface area is 118 Å². The molecular weight excluding hydrogens is 294 g/mol. The van der Waals surface area contributed by atoms with Crippen LogP contribution < -0.4 is 10.1 Å². The van der Waals surface area contributed by atoms with Gasteiger partial charge in [-0.25, -0.2) is 0 Å². The van der Waals surface area contributed by atoms with Gasteiger partial charge in [-0.2, -0.15) is 0 Å². The molecule has 0 atom stereocenters. The second kappa shape index (κ2) is 9.36. The maximum absolute atomic E-state index is 5.49. The molecule has 4 heteroatoms. The summed E-state index contributed by atoms with van der Waals surface area (Å²) in [4.78, 5) is 0. The molecule has 1 N–H and O–H groups in total. The van der Waals surface area contributed by atoms with E-state index < -0.39 is 0 Å². The van der Waals surface area contributed by atoms with E-state index in [0.29, 0.717) is 0 Å². The van der Waals surface area contributed by atoms with E-state index in [-0.39, 0.29) is 0 Å². The zero-order valence-electron chi connectivity index (χ0n) is 11.2. The van der Waals surface area contributed by atoms with Crippen LogP contribution in [0.1, 0.15) is 25.3 Å². The first-order valence-electron chi connectivity index (χ1n) is 6.38. The number of ether oxygens (including phenoxy) is 2. The lowest BCUT2D eigenvalue weighted by atomic mass is 10.2. The van der Waals surface area contributed by atoms with E-state index in [9.17, 15) is 0 Å². The molecule has 18 heavy (non-hydrogen) atoms. The highest BCUT2D eigenvalue weighted by Gasteiger charge is 2.02. The summed E-state index contributed by atoms with van der Waals surface area (Å²) in [6.45, 7) is 5.44. The largest absolute Gasteiger partial charge is 0.496 e. The van der Waals surface area contributed by atoms with E-state index in [1.165, 1.54) is 6.42 Å². The molecule has 0 heterocycles. The lowest BCUT2D eigenvalue weighted by Gasteiger charge is -2.10.